The van der Waals surface area contributed by atoms with Gasteiger partial charge in [-0.15, -0.1) is 0 Å². The van der Waals surface area contributed by atoms with Crippen LogP contribution >= 0.6 is 11.6 Å². The van der Waals surface area contributed by atoms with Gasteiger partial charge in [-0.3, -0.25) is 0 Å². The summed E-state index contributed by atoms with van der Waals surface area (Å²) in [5.41, 5.74) is 4.78. The molecule has 7 heteroatoms. The van der Waals surface area contributed by atoms with Crippen LogP contribution < -0.4 is 5.73 Å². The summed E-state index contributed by atoms with van der Waals surface area (Å²) in [6, 6.07) is 0.592. The molecule has 0 amide bonds. The summed E-state index contributed by atoms with van der Waals surface area (Å²) in [6.07, 6.45) is -7.80. The summed E-state index contributed by atoms with van der Waals surface area (Å²) in [6.45, 7) is 1.36. The van der Waals surface area contributed by atoms with Gasteiger partial charge in [0.25, 0.3) is 0 Å². The van der Waals surface area contributed by atoms with E-state index in [1.165, 1.54) is 19.1 Å². The van der Waals surface area contributed by atoms with E-state index >= 15 is 0 Å². The van der Waals surface area contributed by atoms with Crippen molar-refractivity contribution in [3.63, 3.8) is 0 Å². The lowest BCUT2D eigenvalue weighted by Gasteiger charge is -2.23. The Bertz CT molecular complexity index is 422. The number of benzene rings is 1. The molecule has 0 fully saturated rings. The van der Waals surface area contributed by atoms with Crippen LogP contribution in [0.3, 0.4) is 0 Å². The van der Waals surface area contributed by atoms with Crippen LogP contribution in [-0.4, -0.2) is 17.4 Å². The van der Waals surface area contributed by atoms with E-state index < -0.39 is 29.7 Å². The second-order valence-electron chi connectivity index (χ2n) is 3.60. The van der Waals surface area contributed by atoms with Crippen LogP contribution in [0.2, 0.25) is 5.02 Å². The lowest BCUT2D eigenvalue weighted by molar-refractivity contribution is -0.210. The van der Waals surface area contributed by atoms with Gasteiger partial charge >= 0.3 is 6.18 Å². The Labute approximate surface area is 100.0 Å². The number of rotatable bonds is 2. The molecule has 96 valence electrons. The maximum Gasteiger partial charge on any atom is 0.416 e. The van der Waals surface area contributed by atoms with Crippen LogP contribution in [0.25, 0.3) is 0 Å². The van der Waals surface area contributed by atoms with Crippen LogP contribution in [0.5, 0.6) is 0 Å². The molecule has 1 aromatic carbocycles. The normalized spacial score (nSPS) is 15.8. The Morgan fingerprint density at radius 3 is 2.35 bits per heavy atom. The van der Waals surface area contributed by atoms with E-state index in [0.29, 0.717) is 0 Å². The SMILES string of the molecule is Cc1ccc(Cl)c([C@@H](N)[C@@H](O)C(F)(F)F)c1F. The van der Waals surface area contributed by atoms with Crippen molar-refractivity contribution in [2.24, 2.45) is 5.73 Å². The quantitative estimate of drug-likeness (QED) is 0.813. The number of aliphatic hydroxyl groups is 1. The molecule has 0 saturated carbocycles. The second-order valence-corrected chi connectivity index (χ2v) is 4.01. The fourth-order valence-electron chi connectivity index (χ4n) is 1.35. The van der Waals surface area contributed by atoms with E-state index in [2.05, 4.69) is 0 Å². The highest BCUT2D eigenvalue weighted by Crippen LogP contribution is 2.34. The Morgan fingerprint density at radius 2 is 1.88 bits per heavy atom. The van der Waals surface area contributed by atoms with E-state index in [-0.39, 0.29) is 10.6 Å². The molecular formula is C10H10ClF4NO. The molecule has 0 aliphatic heterocycles. The predicted octanol–water partition coefficient (Wildman–Crippen LogP) is 2.71. The van der Waals surface area contributed by atoms with Crippen LogP contribution in [0.15, 0.2) is 12.1 Å². The van der Waals surface area contributed by atoms with Gasteiger partial charge in [-0.2, -0.15) is 13.2 Å². The fourth-order valence-corrected chi connectivity index (χ4v) is 1.62. The third-order valence-corrected chi connectivity index (χ3v) is 2.66. The molecule has 0 bridgehead atoms. The van der Waals surface area contributed by atoms with Crippen LogP contribution in [0.4, 0.5) is 17.6 Å². The zero-order valence-corrected chi connectivity index (χ0v) is 9.48. The minimum Gasteiger partial charge on any atom is -0.382 e. The van der Waals surface area contributed by atoms with Crippen molar-refractivity contribution in [1.29, 1.82) is 0 Å². The van der Waals surface area contributed by atoms with Crippen molar-refractivity contribution < 1.29 is 22.7 Å². The number of alkyl halides is 3. The topological polar surface area (TPSA) is 46.2 Å². The van der Waals surface area contributed by atoms with Gasteiger partial charge in [0, 0.05) is 10.6 Å². The molecule has 0 aliphatic carbocycles. The molecule has 17 heavy (non-hydrogen) atoms. The highest BCUT2D eigenvalue weighted by molar-refractivity contribution is 6.31. The summed E-state index contributed by atoms with van der Waals surface area (Å²) in [5, 5.41) is 8.73. The molecule has 2 nitrogen and oxygen atoms in total. The summed E-state index contributed by atoms with van der Waals surface area (Å²) in [7, 11) is 0. The van der Waals surface area contributed by atoms with Crippen LogP contribution in [-0.2, 0) is 0 Å². The van der Waals surface area contributed by atoms with E-state index in [9.17, 15) is 17.6 Å². The highest BCUT2D eigenvalue weighted by atomic mass is 35.5. The average molecular weight is 272 g/mol. The van der Waals surface area contributed by atoms with E-state index in [1.807, 2.05) is 0 Å². The molecule has 1 rings (SSSR count). The Kier molecular flexibility index (Phi) is 4.01. The number of halogens is 5. The van der Waals surface area contributed by atoms with Gasteiger partial charge in [0.1, 0.15) is 5.82 Å². The van der Waals surface area contributed by atoms with Crippen molar-refractivity contribution in [1.82, 2.24) is 0 Å². The molecule has 2 atom stereocenters. The largest absolute Gasteiger partial charge is 0.416 e. The number of hydrogen-bond acceptors (Lipinski definition) is 2. The predicted molar refractivity (Wildman–Crippen MR) is 55.1 cm³/mol. The first-order chi connectivity index (χ1) is 7.66. The number of aliphatic hydroxyl groups excluding tert-OH is 1. The Balaban J connectivity index is 3.21. The maximum atomic E-state index is 13.6. The summed E-state index contributed by atoms with van der Waals surface area (Å²) >= 11 is 5.59. The van der Waals surface area contributed by atoms with E-state index in [1.54, 1.807) is 0 Å². The monoisotopic (exact) mass is 271 g/mol. The first-order valence-electron chi connectivity index (χ1n) is 4.61. The molecule has 0 aromatic heterocycles. The Morgan fingerprint density at radius 1 is 1.35 bits per heavy atom. The molecule has 0 spiro atoms. The smallest absolute Gasteiger partial charge is 0.382 e. The molecule has 0 radical (unpaired) electrons. The van der Waals surface area contributed by atoms with Crippen molar-refractivity contribution in [2.45, 2.75) is 25.2 Å². The second kappa shape index (κ2) is 4.80. The number of nitrogens with two attached hydrogens (primary N) is 1. The minimum atomic E-state index is -4.93. The van der Waals surface area contributed by atoms with E-state index in [0.717, 1.165) is 0 Å². The molecule has 0 aliphatic rings. The fraction of sp³-hybridized carbons (Fsp3) is 0.400. The summed E-state index contributed by atoms with van der Waals surface area (Å²) < 4.78 is 50.4. The van der Waals surface area contributed by atoms with Crippen LogP contribution in [0.1, 0.15) is 17.2 Å². The van der Waals surface area contributed by atoms with Gasteiger partial charge in [0.05, 0.1) is 6.04 Å². The third-order valence-electron chi connectivity index (χ3n) is 2.33. The maximum absolute atomic E-state index is 13.6. The lowest BCUT2D eigenvalue weighted by Crippen LogP contribution is -2.39. The standard InChI is InChI=1S/C10H10ClF4NO/c1-4-2-3-5(11)6(7(4)12)8(16)9(17)10(13,14)15/h2-3,8-9,17H,16H2,1H3/t8-,9-/m1/s1. The Hall–Kier alpha value is -0.850. The molecular weight excluding hydrogens is 262 g/mol. The van der Waals surface area contributed by atoms with Crippen molar-refractivity contribution in [3.8, 4) is 0 Å². The number of aryl methyl sites for hydroxylation is 1. The number of hydrogen-bond donors (Lipinski definition) is 2. The molecule has 0 heterocycles. The van der Waals surface area contributed by atoms with E-state index in [4.69, 9.17) is 22.4 Å². The van der Waals surface area contributed by atoms with Gasteiger partial charge in [0.15, 0.2) is 6.10 Å². The summed E-state index contributed by atoms with van der Waals surface area (Å²) in [4.78, 5) is 0. The molecule has 1 aromatic rings. The van der Waals surface area contributed by atoms with Crippen molar-refractivity contribution in [2.75, 3.05) is 0 Å². The molecule has 0 saturated heterocycles. The summed E-state index contributed by atoms with van der Waals surface area (Å²) in [5.74, 6) is -0.937. The van der Waals surface area contributed by atoms with Gasteiger partial charge in [-0.25, -0.2) is 4.39 Å². The molecule has 0 unspecified atom stereocenters. The van der Waals surface area contributed by atoms with Gasteiger partial charge in [-0.05, 0) is 18.6 Å². The molecule has 3 N–H and O–H groups in total. The van der Waals surface area contributed by atoms with Crippen molar-refractivity contribution in [3.05, 3.63) is 34.1 Å². The van der Waals surface area contributed by atoms with Gasteiger partial charge in [0.2, 0.25) is 0 Å². The van der Waals surface area contributed by atoms with Gasteiger partial charge in [-0.1, -0.05) is 17.7 Å². The zero-order valence-electron chi connectivity index (χ0n) is 8.72. The lowest BCUT2D eigenvalue weighted by atomic mass is 9.99. The van der Waals surface area contributed by atoms with Crippen molar-refractivity contribution >= 4 is 11.6 Å². The van der Waals surface area contributed by atoms with Gasteiger partial charge < -0.3 is 10.8 Å². The third kappa shape index (κ3) is 2.88. The van der Waals surface area contributed by atoms with Crippen LogP contribution in [0, 0.1) is 12.7 Å². The first kappa shape index (κ1) is 14.2. The highest BCUT2D eigenvalue weighted by Gasteiger charge is 2.44. The first-order valence-corrected chi connectivity index (χ1v) is 4.99. The minimum absolute atomic E-state index is 0.106. The average Bonchev–Trinajstić information content (AvgIpc) is 2.21. The zero-order chi connectivity index (χ0) is 13.4.